The summed E-state index contributed by atoms with van der Waals surface area (Å²) >= 11 is 0. The number of rotatable bonds is 7. The molecule has 1 N–H and O–H groups in total. The first-order valence-electron chi connectivity index (χ1n) is 10.0. The molecule has 0 aliphatic heterocycles. The molecule has 1 aliphatic carbocycles. The van der Waals surface area contributed by atoms with Gasteiger partial charge in [0.15, 0.2) is 17.1 Å². The highest BCUT2D eigenvalue weighted by Gasteiger charge is 2.17. The van der Waals surface area contributed by atoms with Crippen molar-refractivity contribution >= 4 is 5.65 Å². The van der Waals surface area contributed by atoms with Crippen molar-refractivity contribution in [3.8, 4) is 28.5 Å². The van der Waals surface area contributed by atoms with Crippen LogP contribution in [0.2, 0.25) is 0 Å². The molecule has 0 atom stereocenters. The van der Waals surface area contributed by atoms with Crippen LogP contribution in [-0.2, 0) is 6.42 Å². The summed E-state index contributed by atoms with van der Waals surface area (Å²) in [6, 6.07) is 7.20. The van der Waals surface area contributed by atoms with Crippen LogP contribution in [0.1, 0.15) is 37.8 Å². The number of aryl methyl sites for hydroxylation is 1. The molecule has 2 heterocycles. The maximum Gasteiger partial charge on any atom is 0.272 e. The van der Waals surface area contributed by atoms with Crippen LogP contribution in [0.4, 0.5) is 0 Å². The molecule has 1 aromatic carbocycles. The Morgan fingerprint density at radius 1 is 1.03 bits per heavy atom. The van der Waals surface area contributed by atoms with Crippen LogP contribution < -0.4 is 19.8 Å². The summed E-state index contributed by atoms with van der Waals surface area (Å²) in [6.07, 6.45) is 7.21. The van der Waals surface area contributed by atoms with E-state index in [-0.39, 0.29) is 5.56 Å². The molecule has 4 rings (SSSR count). The van der Waals surface area contributed by atoms with Crippen LogP contribution in [0.5, 0.6) is 17.2 Å². The lowest BCUT2D eigenvalue weighted by molar-refractivity contribution is 0.324. The number of nitrogens with zero attached hydrogens (tertiary/aromatic N) is 2. The Bertz CT molecular complexity index is 1040. The quantitative estimate of drug-likeness (QED) is 0.655. The number of fused-ring (bicyclic) bond motifs is 1. The van der Waals surface area contributed by atoms with E-state index in [0.29, 0.717) is 22.9 Å². The molecule has 154 valence electrons. The average molecular weight is 397 g/mol. The molecular formula is C22H27N3O4. The van der Waals surface area contributed by atoms with Crippen molar-refractivity contribution in [2.75, 3.05) is 21.3 Å². The van der Waals surface area contributed by atoms with E-state index >= 15 is 0 Å². The van der Waals surface area contributed by atoms with Crippen molar-refractivity contribution in [3.63, 3.8) is 0 Å². The Hall–Kier alpha value is -2.96. The molecule has 0 saturated heterocycles. The molecule has 0 amide bonds. The monoisotopic (exact) mass is 397 g/mol. The second kappa shape index (κ2) is 8.19. The summed E-state index contributed by atoms with van der Waals surface area (Å²) in [6.45, 7) is 0. The first-order chi connectivity index (χ1) is 14.1. The fourth-order valence-electron chi connectivity index (χ4n) is 4.20. The smallest absolute Gasteiger partial charge is 0.272 e. The predicted octanol–water partition coefficient (Wildman–Crippen LogP) is 3.84. The van der Waals surface area contributed by atoms with Crippen molar-refractivity contribution < 1.29 is 14.2 Å². The van der Waals surface area contributed by atoms with Crippen molar-refractivity contribution in [1.29, 1.82) is 0 Å². The number of aromatic amines is 1. The first-order valence-corrected chi connectivity index (χ1v) is 10.0. The van der Waals surface area contributed by atoms with Crippen LogP contribution in [0.3, 0.4) is 0 Å². The van der Waals surface area contributed by atoms with E-state index in [4.69, 9.17) is 19.2 Å². The second-order valence-corrected chi connectivity index (χ2v) is 7.55. The molecule has 0 unspecified atom stereocenters. The van der Waals surface area contributed by atoms with E-state index < -0.39 is 0 Å². The second-order valence-electron chi connectivity index (χ2n) is 7.55. The van der Waals surface area contributed by atoms with Gasteiger partial charge in [-0.2, -0.15) is 0 Å². The first kappa shape index (κ1) is 19.4. The highest BCUT2D eigenvalue weighted by Crippen LogP contribution is 2.41. The van der Waals surface area contributed by atoms with Gasteiger partial charge in [-0.3, -0.25) is 9.89 Å². The van der Waals surface area contributed by atoms with Gasteiger partial charge in [0.25, 0.3) is 5.56 Å². The molecule has 0 spiro atoms. The van der Waals surface area contributed by atoms with E-state index in [1.165, 1.54) is 30.2 Å². The topological polar surface area (TPSA) is 77.8 Å². The molecule has 29 heavy (non-hydrogen) atoms. The van der Waals surface area contributed by atoms with Crippen LogP contribution >= 0.6 is 0 Å². The lowest BCUT2D eigenvalue weighted by Gasteiger charge is -2.13. The standard InChI is InChI=1S/C22H27N3O4/c1-27-18-10-15(11-19(28-2)22(18)29-3)17-13-20-23-16(12-21(26)25(20)24-17)9-8-14-6-4-5-7-14/h10-14,24H,4-9H2,1-3H3. The number of methoxy groups -OCH3 is 3. The van der Waals surface area contributed by atoms with Crippen LogP contribution in [0.25, 0.3) is 16.9 Å². The zero-order valence-electron chi connectivity index (χ0n) is 17.2. The van der Waals surface area contributed by atoms with Gasteiger partial charge in [0.2, 0.25) is 5.75 Å². The van der Waals surface area contributed by atoms with Crippen LogP contribution in [-0.4, -0.2) is 35.9 Å². The van der Waals surface area contributed by atoms with Crippen LogP contribution in [0.15, 0.2) is 29.1 Å². The van der Waals surface area contributed by atoms with Gasteiger partial charge >= 0.3 is 0 Å². The number of benzene rings is 1. The van der Waals surface area contributed by atoms with Crippen LogP contribution in [0, 0.1) is 5.92 Å². The third-order valence-corrected chi connectivity index (χ3v) is 5.76. The van der Waals surface area contributed by atoms with Crippen molar-refractivity contribution in [2.45, 2.75) is 38.5 Å². The van der Waals surface area contributed by atoms with Gasteiger partial charge in [-0.05, 0) is 30.9 Å². The molecule has 1 fully saturated rings. The zero-order chi connectivity index (χ0) is 20.4. The molecule has 3 aromatic rings. The maximum absolute atomic E-state index is 12.6. The van der Waals surface area contributed by atoms with Gasteiger partial charge in [0.05, 0.1) is 27.0 Å². The van der Waals surface area contributed by atoms with E-state index in [1.54, 1.807) is 27.4 Å². The molecule has 0 radical (unpaired) electrons. The Morgan fingerprint density at radius 3 is 2.34 bits per heavy atom. The summed E-state index contributed by atoms with van der Waals surface area (Å²) in [5.41, 5.74) is 2.94. The number of hydrogen-bond donors (Lipinski definition) is 1. The van der Waals surface area contributed by atoms with Crippen molar-refractivity contribution in [1.82, 2.24) is 14.6 Å². The number of H-pyrrole nitrogens is 1. The Labute approximate surface area is 169 Å². The van der Waals surface area contributed by atoms with Crippen molar-refractivity contribution in [3.05, 3.63) is 40.3 Å². The minimum atomic E-state index is -0.102. The third-order valence-electron chi connectivity index (χ3n) is 5.76. The van der Waals surface area contributed by atoms with E-state index in [0.717, 1.165) is 35.7 Å². The minimum absolute atomic E-state index is 0.102. The third kappa shape index (κ3) is 3.81. The molecule has 2 aromatic heterocycles. The Kier molecular flexibility index (Phi) is 5.47. The number of aromatic nitrogens is 3. The number of hydrogen-bond acceptors (Lipinski definition) is 5. The minimum Gasteiger partial charge on any atom is -0.493 e. The highest BCUT2D eigenvalue weighted by molar-refractivity contribution is 5.71. The predicted molar refractivity (Wildman–Crippen MR) is 111 cm³/mol. The number of ether oxygens (including phenoxy) is 3. The summed E-state index contributed by atoms with van der Waals surface area (Å²) in [5.74, 6) is 2.41. The lowest BCUT2D eigenvalue weighted by atomic mass is 10.0. The largest absolute Gasteiger partial charge is 0.493 e. The molecule has 1 saturated carbocycles. The fourth-order valence-corrected chi connectivity index (χ4v) is 4.20. The SMILES string of the molecule is COc1cc(-c2cc3nc(CCC4CCCC4)cc(=O)n3[nH]2)cc(OC)c1OC. The van der Waals surface area contributed by atoms with Gasteiger partial charge in [0, 0.05) is 23.4 Å². The molecule has 7 heteroatoms. The van der Waals surface area contributed by atoms with Gasteiger partial charge in [0.1, 0.15) is 0 Å². The zero-order valence-corrected chi connectivity index (χ0v) is 17.2. The van der Waals surface area contributed by atoms with Crippen molar-refractivity contribution in [2.24, 2.45) is 5.92 Å². The lowest BCUT2D eigenvalue weighted by Crippen LogP contribution is -2.15. The molecule has 0 bridgehead atoms. The summed E-state index contributed by atoms with van der Waals surface area (Å²) in [7, 11) is 4.73. The Morgan fingerprint density at radius 2 is 1.72 bits per heavy atom. The molecular weight excluding hydrogens is 370 g/mol. The summed E-state index contributed by atoms with van der Waals surface area (Å²) in [5, 5.41) is 3.13. The molecule has 1 aliphatic rings. The van der Waals surface area contributed by atoms with Gasteiger partial charge in [-0.25, -0.2) is 9.50 Å². The number of nitrogens with one attached hydrogen (secondary N) is 1. The summed E-state index contributed by atoms with van der Waals surface area (Å²) < 4.78 is 17.7. The molecule has 7 nitrogen and oxygen atoms in total. The summed E-state index contributed by atoms with van der Waals surface area (Å²) in [4.78, 5) is 17.3. The fraction of sp³-hybridized carbons (Fsp3) is 0.455. The average Bonchev–Trinajstić information content (AvgIpc) is 3.41. The van der Waals surface area contributed by atoms with E-state index in [1.807, 2.05) is 18.2 Å². The van der Waals surface area contributed by atoms with E-state index in [9.17, 15) is 4.79 Å². The normalized spacial score (nSPS) is 14.4. The van der Waals surface area contributed by atoms with E-state index in [2.05, 4.69) is 5.10 Å². The maximum atomic E-state index is 12.6. The van der Waals surface area contributed by atoms with Gasteiger partial charge in [-0.1, -0.05) is 25.7 Å². The van der Waals surface area contributed by atoms with Gasteiger partial charge < -0.3 is 14.2 Å². The van der Waals surface area contributed by atoms with Gasteiger partial charge in [-0.15, -0.1) is 0 Å². The highest BCUT2D eigenvalue weighted by atomic mass is 16.5. The Balaban J connectivity index is 1.68.